The summed E-state index contributed by atoms with van der Waals surface area (Å²) in [7, 11) is 0. The number of aromatic amines is 1. The van der Waals surface area contributed by atoms with Gasteiger partial charge in [-0.05, 0) is 47.5 Å². The number of quaternary nitrogens is 1. The second-order valence-electron chi connectivity index (χ2n) is 9.52. The van der Waals surface area contributed by atoms with Gasteiger partial charge in [0.05, 0.1) is 31.2 Å². The SMILES string of the molecule is Fc1ccc(-c2cc([C@@H]3C[NH+](CCc4ccccc4)C[C@H]3c3ccc(F)cc3F)[nH]n2)cc1.O=C([O-])C(F)(F)F. The molecule has 1 saturated heterocycles. The number of aromatic nitrogens is 2. The first kappa shape index (κ1) is 28.9. The minimum Gasteiger partial charge on any atom is -0.542 e. The Hall–Kier alpha value is -4.12. The predicted octanol–water partition coefficient (Wildman–Crippen LogP) is 3.80. The molecule has 1 aromatic heterocycles. The lowest BCUT2D eigenvalue weighted by Crippen LogP contribution is -3.10. The highest BCUT2D eigenvalue weighted by atomic mass is 19.4. The average Bonchev–Trinajstić information content (AvgIpc) is 3.56. The number of likely N-dealkylation sites (tertiary alicyclic amines) is 1. The van der Waals surface area contributed by atoms with E-state index in [2.05, 4.69) is 22.3 Å². The maximum atomic E-state index is 14.8. The van der Waals surface area contributed by atoms with Crippen LogP contribution in [0.3, 0.4) is 0 Å². The van der Waals surface area contributed by atoms with E-state index in [1.165, 1.54) is 28.7 Å². The molecule has 1 aliphatic heterocycles. The lowest BCUT2D eigenvalue weighted by Gasteiger charge is -2.15. The first-order valence-electron chi connectivity index (χ1n) is 12.4. The van der Waals surface area contributed by atoms with E-state index in [9.17, 15) is 26.3 Å². The summed E-state index contributed by atoms with van der Waals surface area (Å²) in [5.41, 5.74) is 4.26. The molecular formula is C29H25F6N3O2. The Bertz CT molecular complexity index is 1420. The molecule has 2 heterocycles. The first-order chi connectivity index (χ1) is 19.0. The van der Waals surface area contributed by atoms with Gasteiger partial charge in [-0.2, -0.15) is 18.3 Å². The summed E-state index contributed by atoms with van der Waals surface area (Å²) in [6, 6.07) is 22.3. The van der Waals surface area contributed by atoms with Crippen LogP contribution >= 0.6 is 0 Å². The number of alkyl halides is 3. The Morgan fingerprint density at radius 2 is 1.52 bits per heavy atom. The van der Waals surface area contributed by atoms with Gasteiger partial charge < -0.3 is 14.8 Å². The largest absolute Gasteiger partial charge is 0.542 e. The van der Waals surface area contributed by atoms with Crippen LogP contribution in [0.5, 0.6) is 0 Å². The number of benzene rings is 3. The second-order valence-corrected chi connectivity index (χ2v) is 9.52. The van der Waals surface area contributed by atoms with Gasteiger partial charge in [-0.25, -0.2) is 13.2 Å². The molecule has 1 aliphatic rings. The van der Waals surface area contributed by atoms with Gasteiger partial charge in [-0.1, -0.05) is 36.4 Å². The summed E-state index contributed by atoms with van der Waals surface area (Å²) < 4.78 is 73.2. The van der Waals surface area contributed by atoms with Crippen molar-refractivity contribution in [3.05, 3.63) is 113 Å². The number of halogens is 6. The minimum atomic E-state index is -5.19. The highest BCUT2D eigenvalue weighted by Gasteiger charge is 2.40. The van der Waals surface area contributed by atoms with Crippen molar-refractivity contribution in [3.8, 4) is 11.3 Å². The fraction of sp³-hybridized carbons (Fsp3) is 0.241. The summed E-state index contributed by atoms with van der Waals surface area (Å²) in [6.45, 7) is 2.50. The molecule has 3 atom stereocenters. The van der Waals surface area contributed by atoms with Crippen molar-refractivity contribution < 1.29 is 41.1 Å². The van der Waals surface area contributed by atoms with E-state index in [1.807, 2.05) is 24.3 Å². The van der Waals surface area contributed by atoms with Gasteiger partial charge in [-0.3, -0.25) is 5.10 Å². The monoisotopic (exact) mass is 561 g/mol. The summed E-state index contributed by atoms with van der Waals surface area (Å²) in [5.74, 6) is -4.47. The molecule has 1 fully saturated rings. The van der Waals surface area contributed by atoms with E-state index in [-0.39, 0.29) is 17.7 Å². The molecule has 4 aromatic rings. The molecule has 3 aromatic carbocycles. The number of hydrogen-bond acceptors (Lipinski definition) is 3. The maximum absolute atomic E-state index is 14.8. The molecule has 2 N–H and O–H groups in total. The third-order valence-corrected chi connectivity index (χ3v) is 6.84. The number of carboxylic acids is 1. The number of carboxylic acid groups (broad SMARTS) is 1. The van der Waals surface area contributed by atoms with Crippen LogP contribution in [-0.4, -0.2) is 42.0 Å². The number of rotatable bonds is 6. The highest BCUT2D eigenvalue weighted by molar-refractivity contribution is 5.70. The molecule has 40 heavy (non-hydrogen) atoms. The molecule has 210 valence electrons. The molecule has 0 bridgehead atoms. The van der Waals surface area contributed by atoms with E-state index in [4.69, 9.17) is 9.90 Å². The summed E-state index contributed by atoms with van der Waals surface area (Å²) in [4.78, 5) is 10.2. The third-order valence-electron chi connectivity index (χ3n) is 6.84. The molecule has 5 rings (SSSR count). The van der Waals surface area contributed by atoms with Crippen LogP contribution in [-0.2, 0) is 11.2 Å². The van der Waals surface area contributed by atoms with Gasteiger partial charge in [0.1, 0.15) is 23.4 Å². The number of hydrogen-bond donors (Lipinski definition) is 2. The van der Waals surface area contributed by atoms with Crippen LogP contribution in [0.15, 0.2) is 78.9 Å². The second kappa shape index (κ2) is 12.4. The molecule has 0 aliphatic carbocycles. The van der Waals surface area contributed by atoms with Crippen molar-refractivity contribution >= 4 is 5.97 Å². The summed E-state index contributed by atoms with van der Waals surface area (Å²) >= 11 is 0. The Morgan fingerprint density at radius 3 is 2.15 bits per heavy atom. The van der Waals surface area contributed by atoms with Crippen molar-refractivity contribution in [2.24, 2.45) is 0 Å². The molecule has 0 saturated carbocycles. The van der Waals surface area contributed by atoms with E-state index >= 15 is 0 Å². The smallest absolute Gasteiger partial charge is 0.430 e. The predicted molar refractivity (Wildman–Crippen MR) is 133 cm³/mol. The van der Waals surface area contributed by atoms with Gasteiger partial charge in [0.2, 0.25) is 0 Å². The normalized spacial score (nSPS) is 18.7. The topological polar surface area (TPSA) is 73.2 Å². The van der Waals surface area contributed by atoms with Crippen LogP contribution in [0.1, 0.15) is 28.7 Å². The number of nitrogens with one attached hydrogen (secondary N) is 2. The van der Waals surface area contributed by atoms with Crippen molar-refractivity contribution in [3.63, 3.8) is 0 Å². The minimum absolute atomic E-state index is 0.0115. The van der Waals surface area contributed by atoms with Crippen LogP contribution in [0.4, 0.5) is 26.3 Å². The fourth-order valence-corrected chi connectivity index (χ4v) is 4.91. The van der Waals surface area contributed by atoms with E-state index in [0.29, 0.717) is 5.56 Å². The number of aliphatic carboxylic acids is 1. The standard InChI is InChI=1S/C27H24F3N3.C2HF3O2/c28-20-8-6-19(7-9-20)26-15-27(32-31-26)24-17-33(13-12-18-4-2-1-3-5-18)16-23(24)22-11-10-21(29)14-25(22)30;3-2(4,5)1(6)7/h1-11,14-15,23-24H,12-13,16-17H2,(H,31,32);(H,6,7)/t23-,24+;/m0./s1. The first-order valence-corrected chi connectivity index (χ1v) is 12.4. The fourth-order valence-electron chi connectivity index (χ4n) is 4.91. The van der Waals surface area contributed by atoms with E-state index in [0.717, 1.165) is 49.1 Å². The van der Waals surface area contributed by atoms with Gasteiger partial charge in [-0.15, -0.1) is 0 Å². The number of H-pyrrole nitrogens is 1. The van der Waals surface area contributed by atoms with Crippen LogP contribution in [0.2, 0.25) is 0 Å². The van der Waals surface area contributed by atoms with Crippen LogP contribution in [0.25, 0.3) is 11.3 Å². The summed E-state index contributed by atoms with van der Waals surface area (Å²) in [5, 5.41) is 16.4. The average molecular weight is 562 g/mol. The lowest BCUT2D eigenvalue weighted by atomic mass is 9.86. The number of carbonyl (C=O) groups excluding carboxylic acids is 1. The van der Waals surface area contributed by atoms with Crippen LogP contribution in [0, 0.1) is 17.5 Å². The van der Waals surface area contributed by atoms with Crippen LogP contribution < -0.4 is 10.0 Å². The highest BCUT2D eigenvalue weighted by Crippen LogP contribution is 2.36. The molecule has 5 nitrogen and oxygen atoms in total. The zero-order valence-electron chi connectivity index (χ0n) is 21.0. The Balaban J connectivity index is 0.000000470. The van der Waals surface area contributed by atoms with Crippen molar-refractivity contribution in [1.82, 2.24) is 10.2 Å². The zero-order chi connectivity index (χ0) is 28.9. The van der Waals surface area contributed by atoms with Crippen molar-refractivity contribution in [1.29, 1.82) is 0 Å². The third kappa shape index (κ3) is 7.29. The Kier molecular flexibility index (Phi) is 8.93. The molecule has 0 amide bonds. The van der Waals surface area contributed by atoms with Crippen molar-refractivity contribution in [2.75, 3.05) is 19.6 Å². The van der Waals surface area contributed by atoms with Gasteiger partial charge in [0.25, 0.3) is 0 Å². The number of carbonyl (C=O) groups is 1. The molecule has 0 spiro atoms. The Labute approximate surface area is 226 Å². The zero-order valence-corrected chi connectivity index (χ0v) is 21.0. The number of nitrogens with zero attached hydrogens (tertiary/aromatic N) is 1. The summed E-state index contributed by atoms with van der Waals surface area (Å²) in [6.07, 6.45) is -4.26. The van der Waals surface area contributed by atoms with Gasteiger partial charge >= 0.3 is 6.18 Å². The quantitative estimate of drug-likeness (QED) is 0.352. The van der Waals surface area contributed by atoms with Gasteiger partial charge in [0.15, 0.2) is 0 Å². The molecular weight excluding hydrogens is 536 g/mol. The molecule has 1 unspecified atom stereocenters. The van der Waals surface area contributed by atoms with E-state index < -0.39 is 23.8 Å². The maximum Gasteiger partial charge on any atom is 0.430 e. The van der Waals surface area contributed by atoms with Crippen molar-refractivity contribution in [2.45, 2.75) is 24.4 Å². The van der Waals surface area contributed by atoms with E-state index in [1.54, 1.807) is 18.2 Å². The van der Waals surface area contributed by atoms with Gasteiger partial charge in [0, 0.05) is 29.7 Å². The lowest BCUT2D eigenvalue weighted by molar-refractivity contribution is -0.888. The molecule has 11 heteroatoms. The Morgan fingerprint density at radius 1 is 0.900 bits per heavy atom. The molecule has 0 radical (unpaired) electrons.